The minimum absolute atomic E-state index is 0.817. The fourth-order valence-electron chi connectivity index (χ4n) is 3.46. The van der Waals surface area contributed by atoms with Crippen molar-refractivity contribution in [2.24, 2.45) is 0 Å². The zero-order valence-corrected chi connectivity index (χ0v) is 14.3. The third-order valence-corrected chi connectivity index (χ3v) is 4.75. The maximum Gasteiger partial charge on any atom is 0.0710 e. The molecule has 1 aromatic carbocycles. The van der Waals surface area contributed by atoms with Gasteiger partial charge in [-0.15, -0.1) is 0 Å². The maximum atomic E-state index is 4.18. The van der Waals surface area contributed by atoms with E-state index in [-0.39, 0.29) is 0 Å². The number of para-hydroxylation sites is 1. The number of pyridine rings is 1. The summed E-state index contributed by atoms with van der Waals surface area (Å²) in [6, 6.07) is 12.7. The third kappa shape index (κ3) is 3.56. The largest absolute Gasteiger partial charge is 0.371 e. The van der Waals surface area contributed by atoms with Gasteiger partial charge in [0.1, 0.15) is 0 Å². The normalized spacial score (nSPS) is 13.2. The standard InChI is InChI=1S/C20H23N5/c1-2-7-19-16(5-1)8-12-25(19)11-4-10-22-14-18-15-23-24-20(18)17-6-3-9-21-13-17/h1-3,5-7,9,13,15,22H,4,8,10-12,14H2,(H,23,24). The van der Waals surface area contributed by atoms with Gasteiger partial charge in [-0.3, -0.25) is 10.1 Å². The van der Waals surface area contributed by atoms with Gasteiger partial charge in [0.2, 0.25) is 0 Å². The van der Waals surface area contributed by atoms with E-state index in [4.69, 9.17) is 0 Å². The summed E-state index contributed by atoms with van der Waals surface area (Å²) in [5.41, 5.74) is 6.20. The van der Waals surface area contributed by atoms with Crippen LogP contribution in [0.1, 0.15) is 17.5 Å². The Hall–Kier alpha value is -2.66. The van der Waals surface area contributed by atoms with Crippen LogP contribution < -0.4 is 10.2 Å². The minimum atomic E-state index is 0.817. The summed E-state index contributed by atoms with van der Waals surface area (Å²) in [6.45, 7) is 4.06. The topological polar surface area (TPSA) is 56.8 Å². The van der Waals surface area contributed by atoms with Crippen LogP contribution in [0.25, 0.3) is 11.3 Å². The number of aromatic nitrogens is 3. The third-order valence-electron chi connectivity index (χ3n) is 4.75. The molecule has 4 rings (SSSR count). The fraction of sp³-hybridized carbons (Fsp3) is 0.300. The Morgan fingerprint density at radius 2 is 2.08 bits per heavy atom. The van der Waals surface area contributed by atoms with E-state index in [0.29, 0.717) is 0 Å². The Kier molecular flexibility index (Phi) is 4.74. The van der Waals surface area contributed by atoms with Gasteiger partial charge in [-0.25, -0.2) is 0 Å². The van der Waals surface area contributed by atoms with Crippen molar-refractivity contribution >= 4 is 5.69 Å². The number of hydrogen-bond acceptors (Lipinski definition) is 4. The van der Waals surface area contributed by atoms with Gasteiger partial charge in [0.05, 0.1) is 11.9 Å². The molecule has 128 valence electrons. The Balaban J connectivity index is 1.25. The lowest BCUT2D eigenvalue weighted by Gasteiger charge is -2.19. The van der Waals surface area contributed by atoms with Gasteiger partial charge in [0.25, 0.3) is 0 Å². The zero-order valence-electron chi connectivity index (χ0n) is 14.3. The van der Waals surface area contributed by atoms with Crippen molar-refractivity contribution in [1.82, 2.24) is 20.5 Å². The predicted octanol–water partition coefficient (Wildman–Crippen LogP) is 3.01. The monoisotopic (exact) mass is 333 g/mol. The predicted molar refractivity (Wildman–Crippen MR) is 101 cm³/mol. The van der Waals surface area contributed by atoms with E-state index >= 15 is 0 Å². The minimum Gasteiger partial charge on any atom is -0.371 e. The Labute approximate surface area is 148 Å². The summed E-state index contributed by atoms with van der Waals surface area (Å²) in [6.07, 6.45) is 7.85. The average Bonchev–Trinajstić information content (AvgIpc) is 3.29. The van der Waals surface area contributed by atoms with E-state index in [2.05, 4.69) is 55.7 Å². The van der Waals surface area contributed by atoms with Crippen molar-refractivity contribution in [2.75, 3.05) is 24.5 Å². The van der Waals surface area contributed by atoms with Crippen molar-refractivity contribution in [3.8, 4) is 11.3 Å². The number of nitrogens with one attached hydrogen (secondary N) is 2. The second kappa shape index (κ2) is 7.49. The lowest BCUT2D eigenvalue weighted by molar-refractivity contribution is 0.639. The first-order chi connectivity index (χ1) is 12.4. The van der Waals surface area contributed by atoms with Crippen molar-refractivity contribution < 1.29 is 0 Å². The van der Waals surface area contributed by atoms with E-state index in [9.17, 15) is 0 Å². The summed E-state index contributed by atoms with van der Waals surface area (Å²) in [7, 11) is 0. The lowest BCUT2D eigenvalue weighted by Crippen LogP contribution is -2.25. The van der Waals surface area contributed by atoms with E-state index in [1.165, 1.54) is 23.2 Å². The summed E-state index contributed by atoms with van der Waals surface area (Å²) in [4.78, 5) is 6.68. The molecule has 0 fully saturated rings. The summed E-state index contributed by atoms with van der Waals surface area (Å²) >= 11 is 0. The van der Waals surface area contributed by atoms with E-state index in [1.54, 1.807) is 6.20 Å². The van der Waals surface area contributed by atoms with Crippen molar-refractivity contribution in [3.05, 3.63) is 66.1 Å². The summed E-state index contributed by atoms with van der Waals surface area (Å²) < 4.78 is 0. The molecule has 0 spiro atoms. The van der Waals surface area contributed by atoms with Gasteiger partial charge in [0, 0.05) is 48.8 Å². The first-order valence-corrected chi connectivity index (χ1v) is 8.88. The van der Waals surface area contributed by atoms with E-state index in [0.717, 1.165) is 43.9 Å². The van der Waals surface area contributed by atoms with Crippen LogP contribution in [0.15, 0.2) is 55.0 Å². The van der Waals surface area contributed by atoms with Crippen LogP contribution in [0.2, 0.25) is 0 Å². The van der Waals surface area contributed by atoms with Crippen LogP contribution in [0, 0.1) is 0 Å². The molecule has 25 heavy (non-hydrogen) atoms. The molecule has 0 radical (unpaired) electrons. The highest BCUT2D eigenvalue weighted by Crippen LogP contribution is 2.27. The average molecular weight is 333 g/mol. The highest BCUT2D eigenvalue weighted by molar-refractivity contribution is 5.61. The second-order valence-electron chi connectivity index (χ2n) is 6.41. The van der Waals surface area contributed by atoms with Crippen molar-refractivity contribution in [3.63, 3.8) is 0 Å². The second-order valence-corrected chi connectivity index (χ2v) is 6.41. The van der Waals surface area contributed by atoms with E-state index < -0.39 is 0 Å². The molecule has 1 aliphatic heterocycles. The quantitative estimate of drug-likeness (QED) is 0.653. The molecule has 3 heterocycles. The molecule has 0 atom stereocenters. The number of benzene rings is 1. The maximum absolute atomic E-state index is 4.18. The molecule has 5 heteroatoms. The highest BCUT2D eigenvalue weighted by Gasteiger charge is 2.17. The molecule has 2 aromatic heterocycles. The Bertz CT molecular complexity index is 812. The molecule has 0 saturated carbocycles. The molecule has 1 aliphatic rings. The van der Waals surface area contributed by atoms with Gasteiger partial charge in [-0.2, -0.15) is 5.10 Å². The Morgan fingerprint density at radius 3 is 3.00 bits per heavy atom. The highest BCUT2D eigenvalue weighted by atomic mass is 15.1. The first-order valence-electron chi connectivity index (χ1n) is 8.88. The number of fused-ring (bicyclic) bond motifs is 1. The molecule has 3 aromatic rings. The molecule has 0 amide bonds. The molecular formula is C20H23N5. The van der Waals surface area contributed by atoms with Crippen molar-refractivity contribution in [2.45, 2.75) is 19.4 Å². The summed E-state index contributed by atoms with van der Waals surface area (Å²) in [5, 5.41) is 10.8. The van der Waals surface area contributed by atoms with Crippen molar-refractivity contribution in [1.29, 1.82) is 0 Å². The van der Waals surface area contributed by atoms with Crippen LogP contribution in [0.3, 0.4) is 0 Å². The van der Waals surface area contributed by atoms with Gasteiger partial charge in [-0.05, 0) is 43.1 Å². The molecule has 0 aliphatic carbocycles. The summed E-state index contributed by atoms with van der Waals surface area (Å²) in [5.74, 6) is 0. The number of rotatable bonds is 7. The fourth-order valence-corrected chi connectivity index (χ4v) is 3.46. The van der Waals surface area contributed by atoms with Crippen LogP contribution >= 0.6 is 0 Å². The molecular weight excluding hydrogens is 310 g/mol. The number of anilines is 1. The number of aromatic amines is 1. The zero-order chi connectivity index (χ0) is 16.9. The smallest absolute Gasteiger partial charge is 0.0710 e. The molecule has 2 N–H and O–H groups in total. The Morgan fingerprint density at radius 1 is 1.12 bits per heavy atom. The van der Waals surface area contributed by atoms with E-state index in [1.807, 2.05) is 18.5 Å². The van der Waals surface area contributed by atoms with Gasteiger partial charge >= 0.3 is 0 Å². The van der Waals surface area contributed by atoms with Crippen LogP contribution in [-0.2, 0) is 13.0 Å². The molecule has 0 saturated heterocycles. The number of hydrogen-bond donors (Lipinski definition) is 2. The van der Waals surface area contributed by atoms with Crippen LogP contribution in [0.4, 0.5) is 5.69 Å². The first kappa shape index (κ1) is 15.8. The van der Waals surface area contributed by atoms with Gasteiger partial charge < -0.3 is 10.2 Å². The van der Waals surface area contributed by atoms with Crippen LogP contribution in [-0.4, -0.2) is 34.8 Å². The van der Waals surface area contributed by atoms with Gasteiger partial charge in [0.15, 0.2) is 0 Å². The molecule has 0 unspecified atom stereocenters. The molecule has 5 nitrogen and oxygen atoms in total. The SMILES string of the molecule is c1cncc(-c2[nH]ncc2CNCCCN2CCc3ccccc32)c1. The van der Waals surface area contributed by atoms with Crippen LogP contribution in [0.5, 0.6) is 0 Å². The molecule has 0 bridgehead atoms. The number of H-pyrrole nitrogens is 1. The van der Waals surface area contributed by atoms with Gasteiger partial charge in [-0.1, -0.05) is 18.2 Å². The number of nitrogens with zero attached hydrogens (tertiary/aromatic N) is 3. The lowest BCUT2D eigenvalue weighted by atomic mass is 10.1.